The first-order chi connectivity index (χ1) is 22.2. The van der Waals surface area contributed by atoms with Crippen molar-refractivity contribution in [3.63, 3.8) is 0 Å². The summed E-state index contributed by atoms with van der Waals surface area (Å²) in [6.07, 6.45) is 23.3. The van der Waals surface area contributed by atoms with E-state index < -0.39 is 0 Å². The van der Waals surface area contributed by atoms with E-state index in [9.17, 15) is 5.11 Å². The highest BCUT2D eigenvalue weighted by Gasteiger charge is 2.15. The molecule has 0 aliphatic rings. The van der Waals surface area contributed by atoms with Crippen molar-refractivity contribution < 1.29 is 19.3 Å². The Bertz CT molecular complexity index is 1200. The molecule has 4 heteroatoms. The first kappa shape index (κ1) is 36.3. The smallest absolute Gasteiger partial charge is 0.161 e. The third-order valence-corrected chi connectivity index (χ3v) is 8.64. The van der Waals surface area contributed by atoms with E-state index >= 15 is 0 Å². The van der Waals surface area contributed by atoms with Crippen LogP contribution in [0.3, 0.4) is 0 Å². The summed E-state index contributed by atoms with van der Waals surface area (Å²) in [6.45, 7) is 5.98. The fourth-order valence-electron chi connectivity index (χ4n) is 5.92. The van der Waals surface area contributed by atoms with E-state index in [-0.39, 0.29) is 5.75 Å². The summed E-state index contributed by atoms with van der Waals surface area (Å²) in [5.74, 6) is 2.29. The van der Waals surface area contributed by atoms with Gasteiger partial charge in [0, 0.05) is 0 Å². The molecule has 0 amide bonds. The maximum atomic E-state index is 10.7. The number of aromatic hydroxyl groups is 1. The monoisotopic (exact) mass is 616 g/mol. The third kappa shape index (κ3) is 13.8. The fourth-order valence-corrected chi connectivity index (χ4v) is 5.92. The standard InChI is InChI=1S/C41H60O4/c1-4-6-8-10-12-14-16-18-20-28-44-36-26-22-24-34(30-36)38-32-40(42)41(43-3)33-39(38)35-25-23-27-37(31-35)45-29-21-19-17-15-13-11-9-7-5-2/h22-27,30-33,42H,4-21,28-29H2,1-3H3. The van der Waals surface area contributed by atoms with E-state index in [4.69, 9.17) is 14.2 Å². The Morgan fingerprint density at radius 2 is 0.889 bits per heavy atom. The lowest BCUT2D eigenvalue weighted by atomic mass is 9.93. The molecule has 0 unspecified atom stereocenters. The molecule has 1 N–H and O–H groups in total. The van der Waals surface area contributed by atoms with Crippen LogP contribution in [0.4, 0.5) is 0 Å². The Balaban J connectivity index is 1.57. The van der Waals surface area contributed by atoms with Gasteiger partial charge in [0.15, 0.2) is 11.5 Å². The first-order valence-electron chi connectivity index (χ1n) is 18.0. The summed E-state index contributed by atoms with van der Waals surface area (Å²) in [5, 5.41) is 10.7. The van der Waals surface area contributed by atoms with Crippen LogP contribution in [0.1, 0.15) is 129 Å². The average Bonchev–Trinajstić information content (AvgIpc) is 3.06. The number of ether oxygens (including phenoxy) is 3. The lowest BCUT2D eigenvalue weighted by molar-refractivity contribution is 0.304. The van der Waals surface area contributed by atoms with Gasteiger partial charge in [0.25, 0.3) is 0 Å². The SMILES string of the molecule is CCCCCCCCCCCOc1cccc(-c2cc(O)c(OC)cc2-c2cccc(OCCCCCCCCCCC)c2)c1. The summed E-state index contributed by atoms with van der Waals surface area (Å²) in [5.41, 5.74) is 3.93. The van der Waals surface area contributed by atoms with E-state index in [0.29, 0.717) is 5.75 Å². The zero-order valence-corrected chi connectivity index (χ0v) is 28.6. The number of hydrogen-bond acceptors (Lipinski definition) is 4. The van der Waals surface area contributed by atoms with Crippen LogP contribution in [-0.2, 0) is 0 Å². The minimum absolute atomic E-state index is 0.120. The van der Waals surface area contributed by atoms with Gasteiger partial charge in [-0.05, 0) is 71.5 Å². The van der Waals surface area contributed by atoms with Crippen molar-refractivity contribution in [3.8, 4) is 45.3 Å². The molecule has 0 saturated carbocycles. The fraction of sp³-hybridized carbons (Fsp3) is 0.561. The Morgan fingerprint density at radius 3 is 1.31 bits per heavy atom. The van der Waals surface area contributed by atoms with Gasteiger partial charge < -0.3 is 19.3 Å². The van der Waals surface area contributed by atoms with Crippen LogP contribution in [0.5, 0.6) is 23.0 Å². The molecule has 0 aliphatic carbocycles. The van der Waals surface area contributed by atoms with Gasteiger partial charge in [-0.1, -0.05) is 141 Å². The topological polar surface area (TPSA) is 47.9 Å². The van der Waals surface area contributed by atoms with Crippen molar-refractivity contribution >= 4 is 0 Å². The van der Waals surface area contributed by atoms with Crippen LogP contribution in [-0.4, -0.2) is 25.4 Å². The van der Waals surface area contributed by atoms with Gasteiger partial charge in [-0.3, -0.25) is 0 Å². The Labute approximate surface area is 274 Å². The molecular formula is C41H60O4. The van der Waals surface area contributed by atoms with Crippen LogP contribution in [0.15, 0.2) is 60.7 Å². The molecule has 0 bridgehead atoms. The molecule has 3 aromatic rings. The molecule has 248 valence electrons. The highest BCUT2D eigenvalue weighted by Crippen LogP contribution is 2.41. The van der Waals surface area contributed by atoms with Gasteiger partial charge in [0.05, 0.1) is 20.3 Å². The van der Waals surface area contributed by atoms with E-state index in [2.05, 4.69) is 38.1 Å². The van der Waals surface area contributed by atoms with Crippen LogP contribution in [0.25, 0.3) is 22.3 Å². The number of hydrogen-bond donors (Lipinski definition) is 1. The molecule has 0 fully saturated rings. The molecule has 4 nitrogen and oxygen atoms in total. The van der Waals surface area contributed by atoms with Gasteiger partial charge in [-0.2, -0.15) is 0 Å². The van der Waals surface area contributed by atoms with E-state index in [0.717, 1.165) is 59.8 Å². The van der Waals surface area contributed by atoms with Gasteiger partial charge >= 0.3 is 0 Å². The van der Waals surface area contributed by atoms with Crippen molar-refractivity contribution in [3.05, 3.63) is 60.7 Å². The van der Waals surface area contributed by atoms with Gasteiger partial charge in [-0.15, -0.1) is 0 Å². The van der Waals surface area contributed by atoms with E-state index in [1.54, 1.807) is 13.2 Å². The second kappa shape index (κ2) is 22.4. The number of benzene rings is 3. The first-order valence-corrected chi connectivity index (χ1v) is 18.0. The molecule has 0 aliphatic heterocycles. The molecule has 0 atom stereocenters. The van der Waals surface area contributed by atoms with Crippen molar-refractivity contribution in [2.75, 3.05) is 20.3 Å². The molecule has 0 spiro atoms. The highest BCUT2D eigenvalue weighted by atomic mass is 16.5. The Hall–Kier alpha value is -3.14. The maximum absolute atomic E-state index is 10.7. The van der Waals surface area contributed by atoms with Crippen LogP contribution in [0.2, 0.25) is 0 Å². The van der Waals surface area contributed by atoms with Crippen LogP contribution >= 0.6 is 0 Å². The number of phenolic OH excluding ortho intramolecular Hbond substituents is 1. The number of methoxy groups -OCH3 is 1. The molecule has 3 rings (SSSR count). The number of rotatable bonds is 25. The van der Waals surface area contributed by atoms with Crippen molar-refractivity contribution in [1.29, 1.82) is 0 Å². The highest BCUT2D eigenvalue weighted by molar-refractivity contribution is 5.86. The summed E-state index contributed by atoms with van der Waals surface area (Å²) in [7, 11) is 1.59. The second-order valence-electron chi connectivity index (χ2n) is 12.5. The Kier molecular flexibility index (Phi) is 18.1. The van der Waals surface area contributed by atoms with E-state index in [1.165, 1.54) is 103 Å². The lowest BCUT2D eigenvalue weighted by Crippen LogP contribution is -1.98. The largest absolute Gasteiger partial charge is 0.504 e. The number of phenols is 1. The molecule has 0 saturated heterocycles. The van der Waals surface area contributed by atoms with Gasteiger partial charge in [0.1, 0.15) is 11.5 Å². The van der Waals surface area contributed by atoms with Gasteiger partial charge in [-0.25, -0.2) is 0 Å². The Morgan fingerprint density at radius 1 is 0.489 bits per heavy atom. The summed E-state index contributed by atoms with van der Waals surface area (Å²) < 4.78 is 17.8. The quantitative estimate of drug-likeness (QED) is 0.0962. The summed E-state index contributed by atoms with van der Waals surface area (Å²) in [4.78, 5) is 0. The van der Waals surface area contributed by atoms with Crippen LogP contribution < -0.4 is 14.2 Å². The maximum Gasteiger partial charge on any atom is 0.161 e. The molecule has 45 heavy (non-hydrogen) atoms. The second-order valence-corrected chi connectivity index (χ2v) is 12.5. The zero-order chi connectivity index (χ0) is 32.0. The molecule has 0 radical (unpaired) electrons. The average molecular weight is 617 g/mol. The van der Waals surface area contributed by atoms with Crippen molar-refractivity contribution in [2.45, 2.75) is 129 Å². The van der Waals surface area contributed by atoms with Crippen molar-refractivity contribution in [2.24, 2.45) is 0 Å². The zero-order valence-electron chi connectivity index (χ0n) is 28.6. The molecule has 0 aromatic heterocycles. The van der Waals surface area contributed by atoms with Gasteiger partial charge in [0.2, 0.25) is 0 Å². The summed E-state index contributed by atoms with van der Waals surface area (Å²) in [6, 6.07) is 20.1. The summed E-state index contributed by atoms with van der Waals surface area (Å²) >= 11 is 0. The third-order valence-electron chi connectivity index (χ3n) is 8.64. The predicted octanol–water partition coefficient (Wildman–Crippen LogP) is 12.6. The molecule has 0 heterocycles. The lowest BCUT2D eigenvalue weighted by Gasteiger charge is -2.16. The minimum atomic E-state index is 0.120. The normalized spacial score (nSPS) is 11.1. The predicted molar refractivity (Wildman–Crippen MR) is 191 cm³/mol. The minimum Gasteiger partial charge on any atom is -0.504 e. The van der Waals surface area contributed by atoms with Crippen LogP contribution in [0, 0.1) is 0 Å². The number of unbranched alkanes of at least 4 members (excludes halogenated alkanes) is 16. The molecular weight excluding hydrogens is 556 g/mol. The van der Waals surface area contributed by atoms with E-state index in [1.807, 2.05) is 30.3 Å². The molecule has 3 aromatic carbocycles. The van der Waals surface area contributed by atoms with Crippen molar-refractivity contribution in [1.82, 2.24) is 0 Å².